The summed E-state index contributed by atoms with van der Waals surface area (Å²) in [5, 5.41) is 4.79. The minimum absolute atomic E-state index is 0.0775. The fraction of sp³-hybridized carbons (Fsp3) is 0.263. The van der Waals surface area contributed by atoms with E-state index in [4.69, 9.17) is 27.9 Å². The average Bonchev–Trinajstić information content (AvgIpc) is 2.87. The van der Waals surface area contributed by atoms with Crippen molar-refractivity contribution >= 4 is 40.5 Å². The van der Waals surface area contributed by atoms with Crippen LogP contribution in [0.5, 0.6) is 5.75 Å². The monoisotopic (exact) mass is 345 g/mol. The van der Waals surface area contributed by atoms with E-state index in [0.29, 0.717) is 10.0 Å². The Balaban J connectivity index is 1.93. The number of benzene rings is 2. The zero-order valence-corrected chi connectivity index (χ0v) is 14.7. The van der Waals surface area contributed by atoms with Crippen molar-refractivity contribution in [2.24, 2.45) is 0 Å². The van der Waals surface area contributed by atoms with Crippen LogP contribution in [-0.4, -0.2) is 13.2 Å². The first kappa shape index (κ1) is 14.9. The number of ether oxygens (including phenoxy) is 1. The van der Waals surface area contributed by atoms with E-state index in [1.54, 1.807) is 7.11 Å². The molecule has 2 nitrogen and oxygen atoms in total. The van der Waals surface area contributed by atoms with Crippen LogP contribution in [0.3, 0.4) is 0 Å². The number of anilines is 1. The fourth-order valence-electron chi connectivity index (χ4n) is 3.69. The zero-order chi connectivity index (χ0) is 16.4. The van der Waals surface area contributed by atoms with Gasteiger partial charge in [-0.1, -0.05) is 43.1 Å². The first-order valence-corrected chi connectivity index (χ1v) is 8.33. The van der Waals surface area contributed by atoms with Crippen LogP contribution in [-0.2, 0) is 5.41 Å². The third-order valence-electron chi connectivity index (χ3n) is 4.97. The number of nitrogens with one attached hydrogen (secondary N) is 1. The standard InChI is InChI=1S/C19H17Cl2NO/c1-19(2)14-7-11(23-3)5-4-10(14)6-13-12-8-15(20)16(21)9-17(12)22-18(13)19/h4-9,18,22H,1-3H3. The van der Waals surface area contributed by atoms with Crippen LogP contribution in [0.25, 0.3) is 11.6 Å². The molecule has 1 atom stereocenters. The number of fused-ring (bicyclic) bond motifs is 4. The number of halogens is 2. The summed E-state index contributed by atoms with van der Waals surface area (Å²) in [4.78, 5) is 0. The van der Waals surface area contributed by atoms with E-state index < -0.39 is 0 Å². The second kappa shape index (κ2) is 4.93. The quantitative estimate of drug-likeness (QED) is 0.723. The highest BCUT2D eigenvalue weighted by atomic mass is 35.5. The van der Waals surface area contributed by atoms with Gasteiger partial charge >= 0.3 is 0 Å². The third-order valence-corrected chi connectivity index (χ3v) is 5.69. The Morgan fingerprint density at radius 3 is 2.57 bits per heavy atom. The molecule has 0 bridgehead atoms. The van der Waals surface area contributed by atoms with Crippen LogP contribution >= 0.6 is 23.2 Å². The lowest BCUT2D eigenvalue weighted by Crippen LogP contribution is -2.40. The summed E-state index contributed by atoms with van der Waals surface area (Å²) in [7, 11) is 1.70. The van der Waals surface area contributed by atoms with Crippen LogP contribution in [0, 0.1) is 0 Å². The van der Waals surface area contributed by atoms with Gasteiger partial charge in [-0.25, -0.2) is 0 Å². The van der Waals surface area contributed by atoms with Crippen LogP contribution in [0.1, 0.15) is 30.5 Å². The minimum Gasteiger partial charge on any atom is -0.497 e. The van der Waals surface area contributed by atoms with Crippen LogP contribution in [0.2, 0.25) is 10.0 Å². The Morgan fingerprint density at radius 2 is 1.83 bits per heavy atom. The molecule has 2 aromatic rings. The molecule has 1 N–H and O–H groups in total. The number of hydrogen-bond donors (Lipinski definition) is 1. The highest BCUT2D eigenvalue weighted by Gasteiger charge is 2.43. The van der Waals surface area contributed by atoms with Crippen molar-refractivity contribution < 1.29 is 4.74 Å². The summed E-state index contributed by atoms with van der Waals surface area (Å²) in [5.41, 5.74) is 5.88. The number of hydrogen-bond acceptors (Lipinski definition) is 2. The highest BCUT2D eigenvalue weighted by molar-refractivity contribution is 6.42. The van der Waals surface area contributed by atoms with Crippen molar-refractivity contribution in [2.45, 2.75) is 25.3 Å². The summed E-state index contributed by atoms with van der Waals surface area (Å²) >= 11 is 12.4. The number of rotatable bonds is 1. The second-order valence-electron chi connectivity index (χ2n) is 6.66. The van der Waals surface area contributed by atoms with Crippen LogP contribution < -0.4 is 10.1 Å². The van der Waals surface area contributed by atoms with E-state index in [2.05, 4.69) is 37.4 Å². The molecule has 0 amide bonds. The molecule has 4 rings (SSSR count). The molecule has 1 aliphatic heterocycles. The lowest BCUT2D eigenvalue weighted by atomic mass is 9.69. The van der Waals surface area contributed by atoms with E-state index in [0.717, 1.165) is 17.0 Å². The Labute approximate surface area is 146 Å². The molecule has 2 aliphatic rings. The van der Waals surface area contributed by atoms with Gasteiger partial charge in [0.1, 0.15) is 5.75 Å². The molecule has 0 radical (unpaired) electrons. The predicted octanol–water partition coefficient (Wildman–Crippen LogP) is 5.63. The first-order chi connectivity index (χ1) is 10.9. The highest BCUT2D eigenvalue weighted by Crippen LogP contribution is 2.51. The zero-order valence-electron chi connectivity index (χ0n) is 13.2. The first-order valence-electron chi connectivity index (χ1n) is 7.58. The van der Waals surface area contributed by atoms with Gasteiger partial charge in [-0.3, -0.25) is 0 Å². The lowest BCUT2D eigenvalue weighted by molar-refractivity contribution is 0.411. The van der Waals surface area contributed by atoms with Gasteiger partial charge in [0.05, 0.1) is 23.2 Å². The molecular weight excluding hydrogens is 329 g/mol. The lowest BCUT2D eigenvalue weighted by Gasteiger charge is -2.38. The van der Waals surface area contributed by atoms with Crippen molar-refractivity contribution in [2.75, 3.05) is 12.4 Å². The van der Waals surface area contributed by atoms with E-state index in [-0.39, 0.29) is 11.5 Å². The predicted molar refractivity (Wildman–Crippen MR) is 97.8 cm³/mol. The molecule has 0 spiro atoms. The van der Waals surface area contributed by atoms with Gasteiger partial charge in [0, 0.05) is 16.7 Å². The second-order valence-corrected chi connectivity index (χ2v) is 7.48. The van der Waals surface area contributed by atoms with Gasteiger partial charge in [0.15, 0.2) is 0 Å². The minimum atomic E-state index is -0.0775. The maximum Gasteiger partial charge on any atom is 0.119 e. The van der Waals surface area contributed by atoms with Gasteiger partial charge in [0.25, 0.3) is 0 Å². The number of methoxy groups -OCH3 is 1. The Bertz CT molecular complexity index is 855. The Kier molecular flexibility index (Phi) is 3.20. The Hall–Kier alpha value is -1.64. The molecular formula is C19H17Cl2NO. The fourth-order valence-corrected chi connectivity index (χ4v) is 4.02. The summed E-state index contributed by atoms with van der Waals surface area (Å²) in [6.45, 7) is 4.51. The molecule has 0 fully saturated rings. The molecule has 118 valence electrons. The van der Waals surface area contributed by atoms with Gasteiger partial charge in [-0.2, -0.15) is 0 Å². The average molecular weight is 346 g/mol. The van der Waals surface area contributed by atoms with Gasteiger partial charge < -0.3 is 10.1 Å². The van der Waals surface area contributed by atoms with Gasteiger partial charge in [-0.15, -0.1) is 0 Å². The summed E-state index contributed by atoms with van der Waals surface area (Å²) in [5.74, 6) is 0.885. The summed E-state index contributed by atoms with van der Waals surface area (Å²) in [6, 6.07) is 10.3. The SMILES string of the molecule is COc1ccc2c(c1)C(C)(C)C1Nc3cc(Cl)c(Cl)cc3C1=C2. The van der Waals surface area contributed by atoms with Crippen molar-refractivity contribution in [3.05, 3.63) is 57.1 Å². The largest absolute Gasteiger partial charge is 0.497 e. The molecule has 23 heavy (non-hydrogen) atoms. The smallest absolute Gasteiger partial charge is 0.119 e. The van der Waals surface area contributed by atoms with E-state index in [1.165, 1.54) is 16.7 Å². The van der Waals surface area contributed by atoms with Crippen LogP contribution in [0.15, 0.2) is 30.3 Å². The molecule has 0 aromatic heterocycles. The van der Waals surface area contributed by atoms with E-state index in [1.807, 2.05) is 18.2 Å². The van der Waals surface area contributed by atoms with Gasteiger partial charge in [0.2, 0.25) is 0 Å². The maximum absolute atomic E-state index is 6.23. The maximum atomic E-state index is 6.23. The van der Waals surface area contributed by atoms with E-state index >= 15 is 0 Å². The molecule has 1 aliphatic carbocycles. The van der Waals surface area contributed by atoms with Crippen molar-refractivity contribution in [1.29, 1.82) is 0 Å². The van der Waals surface area contributed by atoms with E-state index in [9.17, 15) is 0 Å². The molecule has 1 unspecified atom stereocenters. The Morgan fingerprint density at radius 1 is 1.09 bits per heavy atom. The molecule has 2 aromatic carbocycles. The normalized spacial score (nSPS) is 20.0. The summed E-state index contributed by atoms with van der Waals surface area (Å²) in [6.07, 6.45) is 2.24. The molecule has 1 heterocycles. The third kappa shape index (κ3) is 2.09. The summed E-state index contributed by atoms with van der Waals surface area (Å²) < 4.78 is 5.40. The van der Waals surface area contributed by atoms with Crippen molar-refractivity contribution in [3.8, 4) is 5.75 Å². The van der Waals surface area contributed by atoms with Gasteiger partial charge in [-0.05, 0) is 47.0 Å². The topological polar surface area (TPSA) is 21.3 Å². The van der Waals surface area contributed by atoms with Crippen molar-refractivity contribution in [1.82, 2.24) is 0 Å². The molecule has 0 saturated heterocycles. The van der Waals surface area contributed by atoms with Crippen molar-refractivity contribution in [3.63, 3.8) is 0 Å². The van der Waals surface area contributed by atoms with Crippen LogP contribution in [0.4, 0.5) is 5.69 Å². The molecule has 4 heteroatoms. The molecule has 0 saturated carbocycles.